The highest BCUT2D eigenvalue weighted by molar-refractivity contribution is 5.54. The molecule has 0 amide bonds. The van der Waals surface area contributed by atoms with E-state index in [-0.39, 0.29) is 0 Å². The fraction of sp³-hybridized carbons (Fsp3) is 0.333. The number of aromatic amines is 1. The minimum atomic E-state index is 0.569. The lowest BCUT2D eigenvalue weighted by Gasteiger charge is -1.97. The van der Waals surface area contributed by atoms with Crippen molar-refractivity contribution in [2.75, 3.05) is 0 Å². The van der Waals surface area contributed by atoms with Crippen LogP contribution in [-0.4, -0.2) is 40.8 Å². The van der Waals surface area contributed by atoms with Crippen LogP contribution in [0.5, 0.6) is 0 Å². The van der Waals surface area contributed by atoms with E-state index in [0.29, 0.717) is 24.6 Å². The maximum Gasteiger partial charge on any atom is 0.204 e. The Morgan fingerprint density at radius 3 is 2.70 bits per heavy atom. The summed E-state index contributed by atoms with van der Waals surface area (Å²) in [6.07, 6.45) is 1.63. The van der Waals surface area contributed by atoms with E-state index in [1.165, 1.54) is 5.56 Å². The molecule has 0 fully saturated rings. The molecule has 0 radical (unpaired) electrons. The fourth-order valence-corrected chi connectivity index (χ4v) is 1.83. The molecule has 20 heavy (non-hydrogen) atoms. The number of tetrazole rings is 2. The van der Waals surface area contributed by atoms with Crippen LogP contribution in [0.4, 0.5) is 0 Å². The highest BCUT2D eigenvalue weighted by Gasteiger charge is 2.07. The molecule has 0 spiro atoms. The van der Waals surface area contributed by atoms with Crippen LogP contribution >= 0.6 is 0 Å². The summed E-state index contributed by atoms with van der Waals surface area (Å²) in [5, 5.41) is 26.1. The summed E-state index contributed by atoms with van der Waals surface area (Å²) in [6, 6.07) is 8.18. The Bertz CT molecular complexity index is 655. The van der Waals surface area contributed by atoms with Gasteiger partial charge >= 0.3 is 0 Å². The zero-order valence-corrected chi connectivity index (χ0v) is 11.1. The summed E-state index contributed by atoms with van der Waals surface area (Å²) in [5.41, 5.74) is 2.26. The molecule has 8 nitrogen and oxygen atoms in total. The van der Waals surface area contributed by atoms with Gasteiger partial charge in [-0.05, 0) is 17.2 Å². The molecule has 0 unspecified atom stereocenters. The number of benzene rings is 1. The summed E-state index contributed by atoms with van der Waals surface area (Å²) >= 11 is 0. The molecule has 102 valence electrons. The van der Waals surface area contributed by atoms with Crippen LogP contribution < -0.4 is 0 Å². The van der Waals surface area contributed by atoms with Gasteiger partial charge in [0.1, 0.15) is 0 Å². The van der Waals surface area contributed by atoms with E-state index in [9.17, 15) is 0 Å². The number of aromatic nitrogens is 8. The number of hydrogen-bond donors (Lipinski definition) is 1. The van der Waals surface area contributed by atoms with E-state index in [4.69, 9.17) is 0 Å². The Balaban J connectivity index is 1.69. The topological polar surface area (TPSA) is 98.1 Å². The van der Waals surface area contributed by atoms with Gasteiger partial charge in [-0.1, -0.05) is 36.4 Å². The number of nitrogens with zero attached hydrogens (tertiary/aromatic N) is 7. The Hall–Kier alpha value is -2.64. The average Bonchev–Trinajstić information content (AvgIpc) is 3.17. The fourth-order valence-electron chi connectivity index (χ4n) is 1.83. The molecule has 0 saturated heterocycles. The largest absolute Gasteiger partial charge is 0.204 e. The van der Waals surface area contributed by atoms with Crippen molar-refractivity contribution in [1.82, 2.24) is 40.8 Å². The van der Waals surface area contributed by atoms with Crippen molar-refractivity contribution in [3.05, 3.63) is 35.7 Å². The van der Waals surface area contributed by atoms with Crippen LogP contribution in [-0.2, 0) is 19.4 Å². The van der Waals surface area contributed by atoms with Crippen molar-refractivity contribution in [1.29, 1.82) is 0 Å². The molecular weight excluding hydrogens is 256 g/mol. The second kappa shape index (κ2) is 5.55. The van der Waals surface area contributed by atoms with Crippen molar-refractivity contribution in [2.24, 2.45) is 0 Å². The summed E-state index contributed by atoms with van der Waals surface area (Å²) < 4.78 is 0. The normalized spacial score (nSPS) is 10.8. The van der Waals surface area contributed by atoms with Crippen LogP contribution in [0.2, 0.25) is 0 Å². The number of nitrogens with one attached hydrogen (secondary N) is 1. The second-order valence-electron chi connectivity index (χ2n) is 4.34. The SMILES string of the molecule is CCc1ccc(-c2nnn(CCc3nn[nH]n3)n2)cc1. The van der Waals surface area contributed by atoms with Crippen molar-refractivity contribution in [3.8, 4) is 11.4 Å². The zero-order chi connectivity index (χ0) is 13.8. The zero-order valence-electron chi connectivity index (χ0n) is 11.1. The maximum absolute atomic E-state index is 4.34. The van der Waals surface area contributed by atoms with Gasteiger partial charge in [-0.3, -0.25) is 0 Å². The lowest BCUT2D eigenvalue weighted by Crippen LogP contribution is -2.06. The quantitative estimate of drug-likeness (QED) is 0.731. The summed E-state index contributed by atoms with van der Waals surface area (Å²) in [5.74, 6) is 1.26. The predicted molar refractivity (Wildman–Crippen MR) is 70.5 cm³/mol. The van der Waals surface area contributed by atoms with Gasteiger partial charge in [0.15, 0.2) is 5.82 Å². The molecule has 3 aromatic rings. The van der Waals surface area contributed by atoms with Gasteiger partial charge in [-0.25, -0.2) is 0 Å². The van der Waals surface area contributed by atoms with Crippen LogP contribution in [0.25, 0.3) is 11.4 Å². The molecule has 1 N–H and O–H groups in total. The Morgan fingerprint density at radius 2 is 2.00 bits per heavy atom. The molecule has 0 aliphatic rings. The lowest BCUT2D eigenvalue weighted by atomic mass is 10.1. The average molecular weight is 270 g/mol. The third-order valence-electron chi connectivity index (χ3n) is 3.00. The Labute approximate surface area is 115 Å². The Kier molecular flexibility index (Phi) is 3.44. The first-order valence-corrected chi connectivity index (χ1v) is 6.44. The number of rotatable bonds is 5. The minimum absolute atomic E-state index is 0.569. The van der Waals surface area contributed by atoms with Crippen molar-refractivity contribution < 1.29 is 0 Å². The summed E-state index contributed by atoms with van der Waals surface area (Å²) in [4.78, 5) is 1.54. The maximum atomic E-state index is 4.34. The highest BCUT2D eigenvalue weighted by atomic mass is 15.6. The molecule has 0 aliphatic heterocycles. The highest BCUT2D eigenvalue weighted by Crippen LogP contribution is 2.14. The second-order valence-corrected chi connectivity index (χ2v) is 4.34. The van der Waals surface area contributed by atoms with Gasteiger partial charge < -0.3 is 0 Å². The molecule has 0 saturated carbocycles. The van der Waals surface area contributed by atoms with Crippen molar-refractivity contribution >= 4 is 0 Å². The van der Waals surface area contributed by atoms with Gasteiger partial charge in [-0.15, -0.1) is 20.4 Å². The van der Waals surface area contributed by atoms with Crippen LogP contribution in [0.1, 0.15) is 18.3 Å². The summed E-state index contributed by atoms with van der Waals surface area (Å²) in [6.45, 7) is 2.70. The number of H-pyrrole nitrogens is 1. The van der Waals surface area contributed by atoms with Gasteiger partial charge in [0.2, 0.25) is 5.82 Å². The molecular formula is C12H14N8. The first-order valence-electron chi connectivity index (χ1n) is 6.44. The van der Waals surface area contributed by atoms with Crippen LogP contribution in [0.3, 0.4) is 0 Å². The molecule has 0 atom stereocenters. The van der Waals surface area contributed by atoms with E-state index in [0.717, 1.165) is 12.0 Å². The number of hydrogen-bond acceptors (Lipinski definition) is 6. The standard InChI is InChI=1S/C12H14N8/c1-2-9-3-5-10(6-4-9)12-15-19-20(16-12)8-7-11-13-17-18-14-11/h3-6H,2,7-8H2,1H3,(H,13,14,17,18). The van der Waals surface area contributed by atoms with E-state index in [1.54, 1.807) is 4.80 Å². The van der Waals surface area contributed by atoms with E-state index < -0.39 is 0 Å². The van der Waals surface area contributed by atoms with E-state index in [2.05, 4.69) is 55.1 Å². The van der Waals surface area contributed by atoms with Gasteiger partial charge in [0.25, 0.3) is 0 Å². The van der Waals surface area contributed by atoms with Crippen LogP contribution in [0, 0.1) is 0 Å². The monoisotopic (exact) mass is 270 g/mol. The molecule has 2 heterocycles. The smallest absolute Gasteiger partial charge is 0.177 e. The van der Waals surface area contributed by atoms with Crippen molar-refractivity contribution in [3.63, 3.8) is 0 Å². The molecule has 8 heteroatoms. The molecule has 3 rings (SSSR count). The molecule has 0 bridgehead atoms. The molecule has 0 aliphatic carbocycles. The van der Waals surface area contributed by atoms with Gasteiger partial charge in [0, 0.05) is 12.0 Å². The molecule has 1 aromatic carbocycles. The van der Waals surface area contributed by atoms with Crippen molar-refractivity contribution in [2.45, 2.75) is 26.3 Å². The first-order chi connectivity index (χ1) is 9.85. The number of aryl methyl sites for hydroxylation is 3. The molecule has 2 aromatic heterocycles. The Morgan fingerprint density at radius 1 is 1.15 bits per heavy atom. The van der Waals surface area contributed by atoms with Gasteiger partial charge in [-0.2, -0.15) is 10.0 Å². The minimum Gasteiger partial charge on any atom is -0.177 e. The third-order valence-corrected chi connectivity index (χ3v) is 3.00. The van der Waals surface area contributed by atoms with Gasteiger partial charge in [0.05, 0.1) is 6.54 Å². The predicted octanol–water partition coefficient (Wildman–Crippen LogP) is 0.658. The third kappa shape index (κ3) is 2.68. The van der Waals surface area contributed by atoms with E-state index in [1.807, 2.05) is 12.1 Å². The summed E-state index contributed by atoms with van der Waals surface area (Å²) in [7, 11) is 0. The lowest BCUT2D eigenvalue weighted by molar-refractivity contribution is 0.515. The van der Waals surface area contributed by atoms with E-state index >= 15 is 0 Å². The van der Waals surface area contributed by atoms with Crippen LogP contribution in [0.15, 0.2) is 24.3 Å². The first kappa shape index (κ1) is 12.4.